The van der Waals surface area contributed by atoms with Gasteiger partial charge in [0, 0.05) is 6.04 Å². The van der Waals surface area contributed by atoms with Crippen LogP contribution in [0.3, 0.4) is 0 Å². The Morgan fingerprint density at radius 1 is 1.27 bits per heavy atom. The summed E-state index contributed by atoms with van der Waals surface area (Å²) in [6.45, 7) is 3.69. The van der Waals surface area contributed by atoms with E-state index >= 15 is 0 Å². The maximum Gasteiger partial charge on any atom is 0.0121 e. The molecule has 66 valence electrons. The van der Waals surface area contributed by atoms with Gasteiger partial charge in [-0.2, -0.15) is 0 Å². The Morgan fingerprint density at radius 2 is 2.00 bits per heavy atom. The van der Waals surface area contributed by atoms with Gasteiger partial charge in [0.2, 0.25) is 0 Å². The van der Waals surface area contributed by atoms with Crippen LogP contribution in [0, 0.1) is 5.41 Å². The lowest BCUT2D eigenvalue weighted by atomic mass is 9.91. The Balaban J connectivity index is 0.000000605. The molecule has 0 aromatic heterocycles. The Kier molecular flexibility index (Phi) is 2.82. The predicted molar refractivity (Wildman–Crippen MR) is 50.2 cm³/mol. The van der Waals surface area contributed by atoms with Gasteiger partial charge in [-0.3, -0.25) is 0 Å². The lowest BCUT2D eigenvalue weighted by Crippen LogP contribution is -2.39. The minimum absolute atomic E-state index is 0. The highest BCUT2D eigenvalue weighted by Gasteiger charge is 2.44. The van der Waals surface area contributed by atoms with Crippen molar-refractivity contribution in [3.05, 3.63) is 0 Å². The second kappa shape index (κ2) is 3.32. The van der Waals surface area contributed by atoms with Gasteiger partial charge in [-0.15, -0.1) is 12.4 Å². The van der Waals surface area contributed by atoms with Gasteiger partial charge in [0.15, 0.2) is 0 Å². The van der Waals surface area contributed by atoms with E-state index in [0.717, 1.165) is 6.04 Å². The van der Waals surface area contributed by atoms with Gasteiger partial charge in [0.25, 0.3) is 0 Å². The Bertz CT molecular complexity index is 126. The topological polar surface area (TPSA) is 12.0 Å². The molecular weight excluding hydrogens is 158 g/mol. The second-order valence-corrected chi connectivity index (χ2v) is 4.16. The largest absolute Gasteiger partial charge is 0.313 e. The zero-order valence-electron chi connectivity index (χ0n) is 7.23. The third-order valence-electron chi connectivity index (χ3n) is 3.19. The van der Waals surface area contributed by atoms with Crippen molar-refractivity contribution in [2.75, 3.05) is 6.54 Å². The molecule has 0 bridgehead atoms. The first-order valence-electron chi connectivity index (χ1n) is 4.55. The molecule has 1 saturated heterocycles. The summed E-state index contributed by atoms with van der Waals surface area (Å²) in [4.78, 5) is 0. The van der Waals surface area contributed by atoms with Crippen LogP contribution < -0.4 is 5.32 Å². The lowest BCUT2D eigenvalue weighted by molar-refractivity contribution is 0.294. The van der Waals surface area contributed by atoms with Crippen LogP contribution >= 0.6 is 12.4 Å². The highest BCUT2D eigenvalue weighted by Crippen LogP contribution is 2.49. The third kappa shape index (κ3) is 1.88. The summed E-state index contributed by atoms with van der Waals surface area (Å²) in [6.07, 6.45) is 7.20. The quantitative estimate of drug-likeness (QED) is 0.645. The molecule has 11 heavy (non-hydrogen) atoms. The minimum Gasteiger partial charge on any atom is -0.313 e. The van der Waals surface area contributed by atoms with Crippen molar-refractivity contribution in [3.63, 3.8) is 0 Å². The number of hydrogen-bond acceptors (Lipinski definition) is 1. The molecule has 2 aliphatic rings. The van der Waals surface area contributed by atoms with E-state index in [-0.39, 0.29) is 12.4 Å². The molecule has 0 amide bonds. The van der Waals surface area contributed by atoms with Crippen LogP contribution in [0.5, 0.6) is 0 Å². The van der Waals surface area contributed by atoms with Gasteiger partial charge in [-0.05, 0) is 37.6 Å². The summed E-state index contributed by atoms with van der Waals surface area (Å²) in [5.41, 5.74) is 0.709. The van der Waals surface area contributed by atoms with Crippen molar-refractivity contribution in [1.82, 2.24) is 5.32 Å². The van der Waals surface area contributed by atoms with E-state index in [2.05, 4.69) is 12.2 Å². The fraction of sp³-hybridized carbons (Fsp3) is 1.00. The molecule has 1 nitrogen and oxygen atoms in total. The van der Waals surface area contributed by atoms with Gasteiger partial charge in [-0.1, -0.05) is 13.3 Å². The molecule has 1 aliphatic carbocycles. The fourth-order valence-electron chi connectivity index (χ4n) is 1.99. The Morgan fingerprint density at radius 3 is 2.45 bits per heavy atom. The average Bonchev–Trinajstić information content (AvgIpc) is 2.72. The van der Waals surface area contributed by atoms with Crippen LogP contribution in [0.15, 0.2) is 0 Å². The summed E-state index contributed by atoms with van der Waals surface area (Å²) in [7, 11) is 0. The van der Waals surface area contributed by atoms with E-state index in [1.807, 2.05) is 0 Å². The Hall–Kier alpha value is 0.250. The summed E-state index contributed by atoms with van der Waals surface area (Å²) < 4.78 is 0. The number of halogens is 1. The third-order valence-corrected chi connectivity index (χ3v) is 3.19. The van der Waals surface area contributed by atoms with Crippen LogP contribution in [-0.2, 0) is 0 Å². The zero-order valence-corrected chi connectivity index (χ0v) is 8.04. The van der Waals surface area contributed by atoms with E-state index in [1.165, 1.54) is 38.6 Å². The molecule has 0 radical (unpaired) electrons. The van der Waals surface area contributed by atoms with Crippen molar-refractivity contribution >= 4 is 12.4 Å². The van der Waals surface area contributed by atoms with Crippen LogP contribution in [0.4, 0.5) is 0 Å². The highest BCUT2D eigenvalue weighted by molar-refractivity contribution is 5.85. The molecular formula is C9H18ClN. The first-order valence-corrected chi connectivity index (χ1v) is 4.55. The molecule has 1 aliphatic heterocycles. The maximum atomic E-state index is 3.62. The van der Waals surface area contributed by atoms with Gasteiger partial charge in [0.1, 0.15) is 0 Å². The second-order valence-electron chi connectivity index (χ2n) is 4.16. The first kappa shape index (κ1) is 9.34. The molecule has 0 aromatic rings. The van der Waals surface area contributed by atoms with Crippen LogP contribution in [0.1, 0.15) is 39.0 Å². The van der Waals surface area contributed by atoms with E-state index < -0.39 is 0 Å². The molecule has 1 unspecified atom stereocenters. The number of rotatable bonds is 1. The molecule has 2 fully saturated rings. The van der Waals surface area contributed by atoms with Gasteiger partial charge in [0.05, 0.1) is 0 Å². The van der Waals surface area contributed by atoms with Crippen LogP contribution in [0.25, 0.3) is 0 Å². The van der Waals surface area contributed by atoms with Crippen molar-refractivity contribution in [2.24, 2.45) is 5.41 Å². The fourth-order valence-corrected chi connectivity index (χ4v) is 1.99. The number of piperidine rings is 1. The molecule has 0 aromatic carbocycles. The number of hydrogen-bond donors (Lipinski definition) is 1. The van der Waals surface area contributed by atoms with Crippen LogP contribution in [-0.4, -0.2) is 12.6 Å². The zero-order chi connectivity index (χ0) is 7.03. The monoisotopic (exact) mass is 175 g/mol. The molecule has 0 spiro atoms. The van der Waals surface area contributed by atoms with E-state index in [1.54, 1.807) is 0 Å². The van der Waals surface area contributed by atoms with Gasteiger partial charge < -0.3 is 5.32 Å². The SMILES string of the molecule is CC1(C2CCCCN2)CC1.Cl. The highest BCUT2D eigenvalue weighted by atomic mass is 35.5. The smallest absolute Gasteiger partial charge is 0.0121 e. The molecule has 1 heterocycles. The molecule has 1 atom stereocenters. The summed E-state index contributed by atoms with van der Waals surface area (Å²) in [5.74, 6) is 0. The van der Waals surface area contributed by atoms with E-state index in [9.17, 15) is 0 Å². The van der Waals surface area contributed by atoms with Crippen LogP contribution in [0.2, 0.25) is 0 Å². The van der Waals surface area contributed by atoms with Crippen molar-refractivity contribution in [2.45, 2.75) is 45.1 Å². The molecule has 1 saturated carbocycles. The normalized spacial score (nSPS) is 34.1. The molecule has 1 N–H and O–H groups in total. The van der Waals surface area contributed by atoms with Gasteiger partial charge >= 0.3 is 0 Å². The summed E-state index contributed by atoms with van der Waals surface area (Å²) in [6, 6.07) is 0.862. The van der Waals surface area contributed by atoms with E-state index in [0.29, 0.717) is 5.41 Å². The Labute approximate surface area is 75.4 Å². The molecule has 2 rings (SSSR count). The van der Waals surface area contributed by atoms with Crippen molar-refractivity contribution in [3.8, 4) is 0 Å². The average molecular weight is 176 g/mol. The minimum atomic E-state index is 0. The standard InChI is InChI=1S/C9H17N.ClH/c1-9(5-6-9)8-4-2-3-7-10-8;/h8,10H,2-7H2,1H3;1H. The van der Waals surface area contributed by atoms with Crippen molar-refractivity contribution in [1.29, 1.82) is 0 Å². The van der Waals surface area contributed by atoms with Gasteiger partial charge in [-0.25, -0.2) is 0 Å². The summed E-state index contributed by atoms with van der Waals surface area (Å²) in [5, 5.41) is 3.62. The first-order chi connectivity index (χ1) is 4.81. The lowest BCUT2D eigenvalue weighted by Gasteiger charge is -2.28. The van der Waals surface area contributed by atoms with Crippen molar-refractivity contribution < 1.29 is 0 Å². The molecule has 2 heteroatoms. The van der Waals surface area contributed by atoms with E-state index in [4.69, 9.17) is 0 Å². The number of nitrogens with one attached hydrogen (secondary N) is 1. The predicted octanol–water partition coefficient (Wildman–Crippen LogP) is 2.35. The maximum absolute atomic E-state index is 3.62. The summed E-state index contributed by atoms with van der Waals surface area (Å²) >= 11 is 0.